The maximum absolute atomic E-state index is 11.7. The Morgan fingerprint density at radius 2 is 2.00 bits per heavy atom. The van der Waals surface area contributed by atoms with Crippen LogP contribution in [-0.4, -0.2) is 32.8 Å². The van der Waals surface area contributed by atoms with Crippen LogP contribution < -0.4 is 10.6 Å². The highest BCUT2D eigenvalue weighted by Gasteiger charge is 2.27. The van der Waals surface area contributed by atoms with Crippen molar-refractivity contribution in [2.24, 2.45) is 0 Å². The van der Waals surface area contributed by atoms with E-state index in [1.807, 2.05) is 12.1 Å². The molecule has 1 atom stereocenters. The molecule has 18 heavy (non-hydrogen) atoms. The van der Waals surface area contributed by atoms with Crippen LogP contribution in [0.2, 0.25) is 0 Å². The molecule has 0 amide bonds. The largest absolute Gasteiger partial charge is 0.379 e. The Balaban J connectivity index is 2.13. The van der Waals surface area contributed by atoms with Crippen LogP contribution >= 0.6 is 0 Å². The van der Waals surface area contributed by atoms with Gasteiger partial charge < -0.3 is 10.6 Å². The van der Waals surface area contributed by atoms with E-state index in [1.165, 1.54) is 0 Å². The topological polar surface area (TPSA) is 58.2 Å². The average Bonchev–Trinajstić information content (AvgIpc) is 2.76. The molecule has 0 saturated carbocycles. The third-order valence-electron chi connectivity index (χ3n) is 3.41. The summed E-state index contributed by atoms with van der Waals surface area (Å²) < 4.78 is 23.4. The van der Waals surface area contributed by atoms with Gasteiger partial charge in [-0.1, -0.05) is 6.92 Å². The minimum absolute atomic E-state index is 0.0607. The van der Waals surface area contributed by atoms with Gasteiger partial charge in [-0.05, 0) is 44.2 Å². The summed E-state index contributed by atoms with van der Waals surface area (Å²) in [6.07, 6.45) is 1.07. The Morgan fingerprint density at radius 1 is 1.33 bits per heavy atom. The standard InChI is InChI=1S/C13H20N2O2S/c1-3-18(16,17)12-6-4-11(5-7-12)15-13(2)8-9-14-10-13/h4-7,14-15H,3,8-10H2,1-2H3. The second-order valence-electron chi connectivity index (χ2n) is 5.04. The van der Waals surface area contributed by atoms with Gasteiger partial charge in [-0.2, -0.15) is 0 Å². The summed E-state index contributed by atoms with van der Waals surface area (Å²) in [6, 6.07) is 7.03. The summed E-state index contributed by atoms with van der Waals surface area (Å²) in [4.78, 5) is 0.394. The number of hydrogen-bond acceptors (Lipinski definition) is 4. The fraction of sp³-hybridized carbons (Fsp3) is 0.538. The monoisotopic (exact) mass is 268 g/mol. The predicted octanol–water partition coefficient (Wildman–Crippen LogP) is 1.64. The third kappa shape index (κ3) is 2.84. The molecule has 1 saturated heterocycles. The van der Waals surface area contributed by atoms with Gasteiger partial charge in [0, 0.05) is 17.8 Å². The molecule has 1 heterocycles. The molecule has 2 rings (SSSR count). The molecule has 0 aromatic heterocycles. The summed E-state index contributed by atoms with van der Waals surface area (Å²) in [5.74, 6) is 0.140. The molecule has 1 aromatic rings. The molecule has 1 aliphatic rings. The summed E-state index contributed by atoms with van der Waals surface area (Å²) in [7, 11) is -3.10. The van der Waals surface area contributed by atoms with E-state index in [1.54, 1.807) is 19.1 Å². The SMILES string of the molecule is CCS(=O)(=O)c1ccc(NC2(C)CCNC2)cc1. The fourth-order valence-corrected chi connectivity index (χ4v) is 3.07. The molecule has 0 bridgehead atoms. The molecule has 1 aromatic carbocycles. The highest BCUT2D eigenvalue weighted by atomic mass is 32.2. The van der Waals surface area contributed by atoms with Gasteiger partial charge in [0.25, 0.3) is 0 Å². The Kier molecular flexibility index (Phi) is 3.64. The number of rotatable bonds is 4. The number of nitrogens with one attached hydrogen (secondary N) is 2. The molecule has 4 nitrogen and oxygen atoms in total. The number of benzene rings is 1. The van der Waals surface area contributed by atoms with Crippen molar-refractivity contribution in [2.75, 3.05) is 24.2 Å². The van der Waals surface area contributed by atoms with Crippen LogP contribution in [0.15, 0.2) is 29.2 Å². The minimum atomic E-state index is -3.10. The second-order valence-corrected chi connectivity index (χ2v) is 7.32. The van der Waals surface area contributed by atoms with Gasteiger partial charge in [-0.25, -0.2) is 8.42 Å². The summed E-state index contributed by atoms with van der Waals surface area (Å²) >= 11 is 0. The van der Waals surface area contributed by atoms with E-state index in [0.717, 1.165) is 25.2 Å². The van der Waals surface area contributed by atoms with Crippen molar-refractivity contribution in [3.8, 4) is 0 Å². The average molecular weight is 268 g/mol. The fourth-order valence-electron chi connectivity index (χ4n) is 2.18. The van der Waals surface area contributed by atoms with Crippen LogP contribution in [0.3, 0.4) is 0 Å². The summed E-state index contributed by atoms with van der Waals surface area (Å²) in [6.45, 7) is 5.78. The molecule has 2 N–H and O–H groups in total. The molecule has 1 unspecified atom stereocenters. The Bertz CT molecular complexity index is 502. The Hall–Kier alpha value is -1.07. The predicted molar refractivity (Wildman–Crippen MR) is 73.7 cm³/mol. The lowest BCUT2D eigenvalue weighted by molar-refractivity contribution is 0.567. The van der Waals surface area contributed by atoms with E-state index in [-0.39, 0.29) is 11.3 Å². The normalized spacial score (nSPS) is 24.1. The zero-order valence-corrected chi connectivity index (χ0v) is 11.7. The van der Waals surface area contributed by atoms with Crippen LogP contribution in [0.1, 0.15) is 20.3 Å². The third-order valence-corrected chi connectivity index (χ3v) is 5.16. The van der Waals surface area contributed by atoms with Gasteiger partial charge >= 0.3 is 0 Å². The van der Waals surface area contributed by atoms with Crippen molar-refractivity contribution in [2.45, 2.75) is 30.7 Å². The second kappa shape index (κ2) is 4.90. The minimum Gasteiger partial charge on any atom is -0.379 e. The molecule has 1 fully saturated rings. The number of anilines is 1. The van der Waals surface area contributed by atoms with Crippen molar-refractivity contribution < 1.29 is 8.42 Å². The molecule has 0 radical (unpaired) electrons. The van der Waals surface area contributed by atoms with E-state index in [4.69, 9.17) is 0 Å². The molecular weight excluding hydrogens is 248 g/mol. The van der Waals surface area contributed by atoms with E-state index in [2.05, 4.69) is 17.6 Å². The van der Waals surface area contributed by atoms with Gasteiger partial charge in [-0.3, -0.25) is 0 Å². The van der Waals surface area contributed by atoms with Crippen molar-refractivity contribution in [1.29, 1.82) is 0 Å². The molecular formula is C13H20N2O2S. The molecule has 0 spiro atoms. The van der Waals surface area contributed by atoms with Crippen LogP contribution in [0.4, 0.5) is 5.69 Å². The quantitative estimate of drug-likeness (QED) is 0.871. The molecule has 100 valence electrons. The maximum atomic E-state index is 11.7. The highest BCUT2D eigenvalue weighted by molar-refractivity contribution is 7.91. The van der Waals surface area contributed by atoms with Gasteiger partial charge in [0.15, 0.2) is 9.84 Å². The zero-order valence-electron chi connectivity index (χ0n) is 10.9. The van der Waals surface area contributed by atoms with Crippen LogP contribution in [0.5, 0.6) is 0 Å². The van der Waals surface area contributed by atoms with Gasteiger partial charge in [-0.15, -0.1) is 0 Å². The first-order chi connectivity index (χ1) is 8.45. The Morgan fingerprint density at radius 3 is 2.50 bits per heavy atom. The van der Waals surface area contributed by atoms with Gasteiger partial charge in [0.05, 0.1) is 10.6 Å². The first-order valence-electron chi connectivity index (χ1n) is 6.27. The van der Waals surface area contributed by atoms with Crippen molar-refractivity contribution >= 4 is 15.5 Å². The molecule has 5 heteroatoms. The van der Waals surface area contributed by atoms with Gasteiger partial charge in [0.1, 0.15) is 0 Å². The van der Waals surface area contributed by atoms with Crippen molar-refractivity contribution in [3.63, 3.8) is 0 Å². The molecule has 1 aliphatic heterocycles. The van der Waals surface area contributed by atoms with Gasteiger partial charge in [0.2, 0.25) is 0 Å². The van der Waals surface area contributed by atoms with Crippen molar-refractivity contribution in [3.05, 3.63) is 24.3 Å². The number of hydrogen-bond donors (Lipinski definition) is 2. The lowest BCUT2D eigenvalue weighted by atomic mass is 10.0. The lowest BCUT2D eigenvalue weighted by Gasteiger charge is -2.26. The van der Waals surface area contributed by atoms with E-state index >= 15 is 0 Å². The van der Waals surface area contributed by atoms with Crippen LogP contribution in [0, 0.1) is 0 Å². The van der Waals surface area contributed by atoms with Crippen LogP contribution in [-0.2, 0) is 9.84 Å². The molecule has 0 aliphatic carbocycles. The zero-order chi connectivity index (χ0) is 13.2. The lowest BCUT2D eigenvalue weighted by Crippen LogP contribution is -2.36. The Labute approximate surface area is 109 Å². The first kappa shape index (κ1) is 13.4. The van der Waals surface area contributed by atoms with E-state index in [0.29, 0.717) is 4.90 Å². The smallest absolute Gasteiger partial charge is 0.178 e. The van der Waals surface area contributed by atoms with E-state index < -0.39 is 9.84 Å². The summed E-state index contributed by atoms with van der Waals surface area (Å²) in [5.41, 5.74) is 1.03. The first-order valence-corrected chi connectivity index (χ1v) is 7.92. The van der Waals surface area contributed by atoms with E-state index in [9.17, 15) is 8.42 Å². The van der Waals surface area contributed by atoms with Crippen molar-refractivity contribution in [1.82, 2.24) is 5.32 Å². The summed E-state index contributed by atoms with van der Waals surface area (Å²) in [5, 5.41) is 6.78. The maximum Gasteiger partial charge on any atom is 0.178 e. The van der Waals surface area contributed by atoms with Crippen LogP contribution in [0.25, 0.3) is 0 Å². The highest BCUT2D eigenvalue weighted by Crippen LogP contribution is 2.22. The number of sulfone groups is 1.